The van der Waals surface area contributed by atoms with Crippen LogP contribution in [-0.4, -0.2) is 64.7 Å². The molecule has 0 saturated heterocycles. The van der Waals surface area contributed by atoms with Gasteiger partial charge in [0.05, 0.1) is 29.8 Å². The highest BCUT2D eigenvalue weighted by molar-refractivity contribution is 7.92. The van der Waals surface area contributed by atoms with E-state index in [9.17, 15) is 13.8 Å². The number of nitrogens with one attached hydrogen (secondary N) is 1. The zero-order valence-corrected chi connectivity index (χ0v) is 30.1. The Kier molecular flexibility index (Phi) is 9.96. The van der Waals surface area contributed by atoms with Crippen molar-refractivity contribution in [2.24, 2.45) is 23.2 Å². The summed E-state index contributed by atoms with van der Waals surface area (Å²) in [5.74, 6) is 0.713. The predicted molar refractivity (Wildman–Crippen MR) is 192 cm³/mol. The van der Waals surface area contributed by atoms with Crippen LogP contribution in [0.1, 0.15) is 65.7 Å². The third-order valence-corrected chi connectivity index (χ3v) is 12.8. The van der Waals surface area contributed by atoms with Crippen LogP contribution in [0.25, 0.3) is 0 Å². The Bertz CT molecular complexity index is 1920. The molecular formula is C37H44ClN5O6S. The molecule has 3 heterocycles. The lowest BCUT2D eigenvalue weighted by atomic mass is 9.68. The zero-order valence-electron chi connectivity index (χ0n) is 28.5. The molecule has 13 heteroatoms. The summed E-state index contributed by atoms with van der Waals surface area (Å²) in [5.41, 5.74) is 4.00. The molecule has 2 amide bonds. The lowest BCUT2D eigenvalue weighted by Crippen LogP contribution is -2.49. The number of allylic oxidation sites excluding steroid dienone is 1. The van der Waals surface area contributed by atoms with Gasteiger partial charge >= 0.3 is 6.09 Å². The lowest BCUT2D eigenvalue weighted by molar-refractivity contribution is 0.0132. The number of ether oxygens (including phenoxy) is 3. The fourth-order valence-corrected chi connectivity index (χ4v) is 9.64. The Labute approximate surface area is 298 Å². The Hall–Kier alpha value is -3.87. The SMILES string of the molecule is CO[C@H]1/C=C/CCCS(=O)(NC(=O)OCc2ccnn2C)=NC(=O)c2ccc3c(c2)N(C[C@@H]2CC[C@H]21)C[C@@]1(CCCc2cc(Cl)ccc21)CO3. The van der Waals surface area contributed by atoms with Crippen LogP contribution in [-0.2, 0) is 44.9 Å². The largest absolute Gasteiger partial charge is 0.490 e. The normalized spacial score (nSPS) is 28.6. The number of aryl methyl sites for hydroxylation is 2. The summed E-state index contributed by atoms with van der Waals surface area (Å²) < 4.78 is 40.3. The fourth-order valence-electron chi connectivity index (χ4n) is 7.96. The highest BCUT2D eigenvalue weighted by Crippen LogP contribution is 2.47. The van der Waals surface area contributed by atoms with Gasteiger partial charge in [-0.25, -0.2) is 13.7 Å². The van der Waals surface area contributed by atoms with E-state index < -0.39 is 21.9 Å². The summed E-state index contributed by atoms with van der Waals surface area (Å²) in [6, 6.07) is 13.2. The van der Waals surface area contributed by atoms with Gasteiger partial charge in [0, 0.05) is 49.4 Å². The van der Waals surface area contributed by atoms with Crippen molar-refractivity contribution in [3.05, 3.63) is 88.2 Å². The standard InChI is InChI=1S/C37H44ClN5O6S/c1-42-29(15-17-39-42)22-48-36(45)41-50(46)18-5-3-4-8-33(47-2)30-12-9-27(30)21-43-23-37(16-6-7-25-19-28(38)11-13-31(25)37)24-49-34-14-10-26(20-32(34)43)35(44)40-50/h4,8,10-11,13-15,17,19-20,27,30,33H,3,5-7,9,12,16,18,21-24H2,1-2H3,(H,40,41,44,45,46)/b8-4+/t27-,30+,33-,37-,50?/m0/s1. The first-order valence-corrected chi connectivity index (χ1v) is 19.4. The minimum absolute atomic E-state index is 0.0281. The first-order valence-electron chi connectivity index (χ1n) is 17.4. The molecule has 11 nitrogen and oxygen atoms in total. The topological polar surface area (TPSA) is 124 Å². The van der Waals surface area contributed by atoms with E-state index in [-0.39, 0.29) is 29.4 Å². The summed E-state index contributed by atoms with van der Waals surface area (Å²) in [4.78, 5) is 29.1. The Balaban J connectivity index is 1.24. The minimum atomic E-state index is -3.54. The molecule has 1 saturated carbocycles. The van der Waals surface area contributed by atoms with Gasteiger partial charge in [-0.1, -0.05) is 29.8 Å². The molecule has 4 aliphatic rings. The molecule has 50 heavy (non-hydrogen) atoms. The minimum Gasteiger partial charge on any atom is -0.490 e. The Morgan fingerprint density at radius 2 is 2.06 bits per heavy atom. The molecule has 5 atom stereocenters. The number of carbonyl (C=O) groups excluding carboxylic acids is 2. The van der Waals surface area contributed by atoms with Gasteiger partial charge < -0.3 is 19.1 Å². The second kappa shape index (κ2) is 14.4. The average molecular weight is 722 g/mol. The molecule has 2 aromatic carbocycles. The molecule has 0 radical (unpaired) electrons. The maximum atomic E-state index is 14.2. The number of amides is 2. The molecule has 266 valence electrons. The maximum Gasteiger partial charge on any atom is 0.420 e. The number of halogens is 1. The van der Waals surface area contributed by atoms with Crippen LogP contribution in [0.5, 0.6) is 5.75 Å². The quantitative estimate of drug-likeness (QED) is 0.308. The lowest BCUT2D eigenvalue weighted by Gasteiger charge is -2.46. The number of fused-ring (bicyclic) bond motifs is 4. The number of rotatable bonds is 4. The van der Waals surface area contributed by atoms with Crippen molar-refractivity contribution >= 4 is 39.2 Å². The van der Waals surface area contributed by atoms with Gasteiger partial charge in [0.1, 0.15) is 22.3 Å². The van der Waals surface area contributed by atoms with Gasteiger partial charge in [0.15, 0.2) is 0 Å². The molecule has 1 N–H and O–H groups in total. The highest BCUT2D eigenvalue weighted by atomic mass is 35.5. The maximum absolute atomic E-state index is 14.2. The van der Waals surface area contributed by atoms with Gasteiger partial charge in [-0.05, 0) is 104 Å². The monoisotopic (exact) mass is 721 g/mol. The van der Waals surface area contributed by atoms with Crippen LogP contribution in [0.2, 0.25) is 5.02 Å². The van der Waals surface area contributed by atoms with E-state index >= 15 is 0 Å². The van der Waals surface area contributed by atoms with E-state index in [4.69, 9.17) is 25.8 Å². The number of hydrogen-bond acceptors (Lipinski definition) is 8. The number of nitrogens with zero attached hydrogens (tertiary/aromatic N) is 4. The second-order valence-electron chi connectivity index (χ2n) is 13.9. The fraction of sp³-hybridized carbons (Fsp3) is 0.486. The predicted octanol–water partition coefficient (Wildman–Crippen LogP) is 6.39. The van der Waals surface area contributed by atoms with Crippen LogP contribution in [0.4, 0.5) is 10.5 Å². The molecule has 7 rings (SSSR count). The smallest absolute Gasteiger partial charge is 0.420 e. The molecule has 1 fully saturated rings. The molecule has 2 aliphatic carbocycles. The number of aromatic nitrogens is 2. The van der Waals surface area contributed by atoms with Gasteiger partial charge in [-0.2, -0.15) is 5.10 Å². The molecule has 1 spiro atoms. The summed E-state index contributed by atoms with van der Waals surface area (Å²) in [5, 5.41) is 4.81. The number of methoxy groups -OCH3 is 1. The van der Waals surface area contributed by atoms with Crippen molar-refractivity contribution in [3.8, 4) is 5.75 Å². The van der Waals surface area contributed by atoms with Gasteiger partial charge in [-0.3, -0.25) is 9.48 Å². The Morgan fingerprint density at radius 1 is 1.18 bits per heavy atom. The van der Waals surface area contributed by atoms with Crippen molar-refractivity contribution in [2.45, 2.75) is 63.1 Å². The van der Waals surface area contributed by atoms with E-state index in [2.05, 4.69) is 37.3 Å². The van der Waals surface area contributed by atoms with E-state index in [0.717, 1.165) is 49.4 Å². The van der Waals surface area contributed by atoms with Crippen molar-refractivity contribution in [1.82, 2.24) is 14.5 Å². The summed E-state index contributed by atoms with van der Waals surface area (Å²) >= 11 is 6.44. The van der Waals surface area contributed by atoms with Crippen LogP contribution < -0.4 is 14.4 Å². The van der Waals surface area contributed by atoms with E-state index in [1.54, 1.807) is 43.2 Å². The van der Waals surface area contributed by atoms with Crippen molar-refractivity contribution < 1.29 is 28.0 Å². The third kappa shape index (κ3) is 7.15. The van der Waals surface area contributed by atoms with Gasteiger partial charge in [0.25, 0.3) is 5.91 Å². The number of anilines is 1. The van der Waals surface area contributed by atoms with Crippen LogP contribution in [0, 0.1) is 11.8 Å². The molecular weight excluding hydrogens is 678 g/mol. The number of benzene rings is 2. The van der Waals surface area contributed by atoms with E-state index in [0.29, 0.717) is 49.3 Å². The van der Waals surface area contributed by atoms with Gasteiger partial charge in [-0.15, -0.1) is 4.36 Å². The molecule has 1 unspecified atom stereocenters. The van der Waals surface area contributed by atoms with E-state index in [1.165, 1.54) is 11.1 Å². The first-order chi connectivity index (χ1) is 24.1. The van der Waals surface area contributed by atoms with Gasteiger partial charge in [0.2, 0.25) is 0 Å². The average Bonchev–Trinajstić information content (AvgIpc) is 3.43. The highest BCUT2D eigenvalue weighted by Gasteiger charge is 2.44. The molecule has 2 bridgehead atoms. The van der Waals surface area contributed by atoms with Crippen LogP contribution >= 0.6 is 11.6 Å². The van der Waals surface area contributed by atoms with Crippen molar-refractivity contribution in [3.63, 3.8) is 0 Å². The third-order valence-electron chi connectivity index (χ3n) is 10.8. The number of hydrogen-bond donors (Lipinski definition) is 1. The summed E-state index contributed by atoms with van der Waals surface area (Å²) in [7, 11) is -0.0528. The van der Waals surface area contributed by atoms with Crippen molar-refractivity contribution in [2.75, 3.05) is 37.5 Å². The molecule has 2 aliphatic heterocycles. The zero-order chi connectivity index (χ0) is 34.9. The summed E-state index contributed by atoms with van der Waals surface area (Å²) in [6.07, 6.45) is 10.9. The molecule has 1 aromatic heterocycles. The van der Waals surface area contributed by atoms with Crippen molar-refractivity contribution in [1.29, 1.82) is 0 Å². The summed E-state index contributed by atoms with van der Waals surface area (Å²) in [6.45, 7) is 1.91. The van der Waals surface area contributed by atoms with Crippen LogP contribution in [0.15, 0.2) is 65.2 Å². The van der Waals surface area contributed by atoms with Crippen LogP contribution in [0.3, 0.4) is 0 Å². The second-order valence-corrected chi connectivity index (χ2v) is 16.4. The number of carbonyl (C=O) groups is 2. The Morgan fingerprint density at radius 3 is 2.84 bits per heavy atom. The van der Waals surface area contributed by atoms with E-state index in [1.807, 2.05) is 18.2 Å². The molecule has 3 aromatic rings. The first kappa shape index (κ1) is 34.6.